The molecule has 1 amide bonds. The van der Waals surface area contributed by atoms with Gasteiger partial charge in [-0.25, -0.2) is 0 Å². The minimum atomic E-state index is -0.458. The lowest BCUT2D eigenvalue weighted by Crippen LogP contribution is -2.35. The number of fused-ring (bicyclic) bond motifs is 1. The number of aryl methyl sites for hydroxylation is 1. The number of hydrogen-bond donors (Lipinski definition) is 1. The van der Waals surface area contributed by atoms with Gasteiger partial charge in [0.1, 0.15) is 23.1 Å². The second-order valence-electron chi connectivity index (χ2n) is 7.98. The summed E-state index contributed by atoms with van der Waals surface area (Å²) in [7, 11) is 1.64. The highest BCUT2D eigenvalue weighted by atomic mass is 32.2. The molecule has 3 heterocycles. The van der Waals surface area contributed by atoms with Crippen molar-refractivity contribution in [2.24, 2.45) is 10.1 Å². The third kappa shape index (κ3) is 4.38. The van der Waals surface area contributed by atoms with Crippen LogP contribution in [0.4, 0.5) is 0 Å². The van der Waals surface area contributed by atoms with Crippen molar-refractivity contribution in [2.45, 2.75) is 13.8 Å². The molecule has 35 heavy (non-hydrogen) atoms. The molecule has 0 saturated heterocycles. The Labute approximate surface area is 207 Å². The van der Waals surface area contributed by atoms with Crippen LogP contribution in [0, 0.1) is 19.3 Å². The number of ether oxygens (including phenoxy) is 2. The molecule has 0 bridgehead atoms. The first-order valence-corrected chi connectivity index (χ1v) is 11.8. The van der Waals surface area contributed by atoms with Gasteiger partial charge < -0.3 is 14.0 Å². The van der Waals surface area contributed by atoms with Crippen molar-refractivity contribution in [3.8, 4) is 17.2 Å². The molecule has 0 radical (unpaired) electrons. The Bertz CT molecular complexity index is 1420. The van der Waals surface area contributed by atoms with Gasteiger partial charge in [0.25, 0.3) is 5.91 Å². The number of amides is 1. The Morgan fingerprint density at radius 2 is 1.83 bits per heavy atom. The van der Waals surface area contributed by atoms with Crippen molar-refractivity contribution < 1.29 is 14.3 Å². The molecule has 2 aromatic carbocycles. The lowest BCUT2D eigenvalue weighted by Gasteiger charge is -2.20. The number of benzene rings is 2. The Morgan fingerprint density at radius 3 is 2.60 bits per heavy atom. The SMILES string of the molecule is COc1cccc(-n2c(C)cc(C=C3C(=N)N4N=C(COc5ccccc5)SC4=NC3=O)c2C)c1. The predicted octanol–water partition coefficient (Wildman–Crippen LogP) is 4.80. The van der Waals surface area contributed by atoms with Gasteiger partial charge in [0.2, 0.25) is 5.17 Å². The molecule has 8 nitrogen and oxygen atoms in total. The summed E-state index contributed by atoms with van der Waals surface area (Å²) < 4.78 is 13.2. The second kappa shape index (κ2) is 9.27. The highest BCUT2D eigenvalue weighted by molar-refractivity contribution is 8.27. The topological polar surface area (TPSA) is 92.3 Å². The maximum atomic E-state index is 12.9. The van der Waals surface area contributed by atoms with Crippen LogP contribution in [-0.2, 0) is 4.79 Å². The number of hydrazone groups is 1. The maximum absolute atomic E-state index is 12.9. The number of aromatic nitrogens is 1. The largest absolute Gasteiger partial charge is 0.497 e. The molecule has 1 N–H and O–H groups in total. The van der Waals surface area contributed by atoms with Crippen LogP contribution in [-0.4, -0.2) is 45.2 Å². The van der Waals surface area contributed by atoms with E-state index in [4.69, 9.17) is 14.9 Å². The van der Waals surface area contributed by atoms with E-state index >= 15 is 0 Å². The number of nitrogens with zero attached hydrogens (tertiary/aromatic N) is 4. The van der Waals surface area contributed by atoms with E-state index in [1.807, 2.05) is 74.5 Å². The molecule has 0 saturated carbocycles. The first-order chi connectivity index (χ1) is 16.9. The first-order valence-electron chi connectivity index (χ1n) is 10.9. The molecule has 2 aliphatic heterocycles. The summed E-state index contributed by atoms with van der Waals surface area (Å²) in [6, 6.07) is 19.2. The predicted molar refractivity (Wildman–Crippen MR) is 139 cm³/mol. The number of rotatable bonds is 6. The number of amidine groups is 2. The van der Waals surface area contributed by atoms with Crippen LogP contribution in [0.3, 0.4) is 0 Å². The second-order valence-corrected chi connectivity index (χ2v) is 9.02. The number of aliphatic imine (C=N–C) groups is 1. The van der Waals surface area contributed by atoms with Gasteiger partial charge in [0.05, 0.1) is 12.7 Å². The molecule has 0 fully saturated rings. The van der Waals surface area contributed by atoms with Crippen molar-refractivity contribution in [1.82, 2.24) is 9.58 Å². The zero-order valence-electron chi connectivity index (χ0n) is 19.5. The van der Waals surface area contributed by atoms with E-state index in [0.29, 0.717) is 10.2 Å². The van der Waals surface area contributed by atoms with E-state index in [-0.39, 0.29) is 18.0 Å². The summed E-state index contributed by atoms with van der Waals surface area (Å²) in [5.74, 6) is 1.02. The molecule has 0 aliphatic carbocycles. The summed E-state index contributed by atoms with van der Waals surface area (Å²) in [5, 5.41) is 15.5. The summed E-state index contributed by atoms with van der Waals surface area (Å²) in [4.78, 5) is 17.0. The lowest BCUT2D eigenvalue weighted by molar-refractivity contribution is -0.114. The van der Waals surface area contributed by atoms with Gasteiger partial charge in [-0.05, 0) is 67.6 Å². The van der Waals surface area contributed by atoms with Crippen LogP contribution in [0.2, 0.25) is 0 Å². The summed E-state index contributed by atoms with van der Waals surface area (Å²) >= 11 is 1.24. The number of hydrogen-bond acceptors (Lipinski definition) is 6. The van der Waals surface area contributed by atoms with Crippen molar-refractivity contribution >= 4 is 39.8 Å². The number of carbonyl (C=O) groups excluding carboxylic acids is 1. The number of carbonyl (C=O) groups is 1. The van der Waals surface area contributed by atoms with Crippen LogP contribution in [0.25, 0.3) is 11.8 Å². The molecule has 2 aliphatic rings. The van der Waals surface area contributed by atoms with Crippen LogP contribution < -0.4 is 9.47 Å². The van der Waals surface area contributed by atoms with E-state index in [9.17, 15) is 4.79 Å². The lowest BCUT2D eigenvalue weighted by atomic mass is 10.1. The fraction of sp³-hybridized carbons (Fsp3) is 0.154. The Morgan fingerprint density at radius 1 is 1.06 bits per heavy atom. The third-order valence-electron chi connectivity index (χ3n) is 5.68. The van der Waals surface area contributed by atoms with Gasteiger partial charge in [-0.15, -0.1) is 0 Å². The van der Waals surface area contributed by atoms with Crippen molar-refractivity contribution in [2.75, 3.05) is 13.7 Å². The minimum absolute atomic E-state index is 0.00612. The third-order valence-corrected chi connectivity index (χ3v) is 6.57. The van der Waals surface area contributed by atoms with Gasteiger partial charge in [0, 0.05) is 23.1 Å². The van der Waals surface area contributed by atoms with Crippen LogP contribution >= 0.6 is 11.8 Å². The summed E-state index contributed by atoms with van der Waals surface area (Å²) in [6.07, 6.45) is 1.71. The normalized spacial score (nSPS) is 16.3. The molecule has 0 unspecified atom stereocenters. The Balaban J connectivity index is 1.41. The molecule has 5 rings (SSSR count). The average molecular weight is 486 g/mol. The van der Waals surface area contributed by atoms with Crippen LogP contribution in [0.1, 0.15) is 17.0 Å². The molecule has 3 aromatic rings. The highest BCUT2D eigenvalue weighted by Gasteiger charge is 2.36. The zero-order valence-corrected chi connectivity index (χ0v) is 20.3. The Kier molecular flexibility index (Phi) is 6.00. The fourth-order valence-corrected chi connectivity index (χ4v) is 4.79. The smallest absolute Gasteiger partial charge is 0.283 e. The zero-order chi connectivity index (χ0) is 24.5. The molecule has 0 spiro atoms. The van der Waals surface area contributed by atoms with E-state index in [0.717, 1.165) is 34.1 Å². The van der Waals surface area contributed by atoms with Gasteiger partial charge in [-0.3, -0.25) is 10.2 Å². The molecular formula is C26H23N5O3S. The van der Waals surface area contributed by atoms with Crippen LogP contribution in [0.15, 0.2) is 76.3 Å². The summed E-state index contributed by atoms with van der Waals surface area (Å²) in [6.45, 7) is 4.21. The number of nitrogens with one attached hydrogen (secondary N) is 1. The van der Waals surface area contributed by atoms with E-state index in [1.54, 1.807) is 13.2 Å². The Hall–Kier alpha value is -4.11. The number of methoxy groups -OCH3 is 1. The quantitative estimate of drug-likeness (QED) is 0.507. The number of thioether (sulfide) groups is 1. The monoisotopic (exact) mass is 485 g/mol. The standard InChI is InChI=1S/C26H23N5O3S/c1-16-12-18(17(2)30(16)19-8-7-11-21(14-19)33-3)13-22-24(27)31-26(28-25(22)32)35-23(29-31)15-34-20-9-5-4-6-10-20/h4-14,27H,15H2,1-3H3. The molecule has 1 aromatic heterocycles. The van der Waals surface area contributed by atoms with Crippen molar-refractivity contribution in [3.63, 3.8) is 0 Å². The minimum Gasteiger partial charge on any atom is -0.497 e. The molecule has 176 valence electrons. The molecule has 0 atom stereocenters. The van der Waals surface area contributed by atoms with E-state index in [1.165, 1.54) is 16.8 Å². The van der Waals surface area contributed by atoms with Gasteiger partial charge in [-0.1, -0.05) is 24.3 Å². The van der Waals surface area contributed by atoms with Crippen LogP contribution in [0.5, 0.6) is 11.5 Å². The maximum Gasteiger partial charge on any atom is 0.283 e. The molecule has 9 heteroatoms. The summed E-state index contributed by atoms with van der Waals surface area (Å²) in [5.41, 5.74) is 3.92. The van der Waals surface area contributed by atoms with Gasteiger partial charge in [0.15, 0.2) is 5.84 Å². The van der Waals surface area contributed by atoms with Crippen molar-refractivity contribution in [1.29, 1.82) is 5.41 Å². The highest BCUT2D eigenvalue weighted by Crippen LogP contribution is 2.30. The number of para-hydroxylation sites is 1. The first kappa shape index (κ1) is 22.7. The average Bonchev–Trinajstić information content (AvgIpc) is 3.40. The van der Waals surface area contributed by atoms with Gasteiger partial charge >= 0.3 is 0 Å². The fourth-order valence-electron chi connectivity index (χ4n) is 3.99. The van der Waals surface area contributed by atoms with Crippen molar-refractivity contribution in [3.05, 3.63) is 83.2 Å². The van der Waals surface area contributed by atoms with E-state index < -0.39 is 5.91 Å². The molecular weight excluding hydrogens is 462 g/mol. The van der Waals surface area contributed by atoms with Gasteiger partial charge in [-0.2, -0.15) is 15.1 Å². The van der Waals surface area contributed by atoms with E-state index in [2.05, 4.69) is 14.7 Å².